The molecular formula is C16H22O4. The summed E-state index contributed by atoms with van der Waals surface area (Å²) in [6.07, 6.45) is 1.89. The van der Waals surface area contributed by atoms with Gasteiger partial charge in [0.2, 0.25) is 0 Å². The Balaban J connectivity index is 2.06. The van der Waals surface area contributed by atoms with Crippen molar-refractivity contribution in [1.29, 1.82) is 0 Å². The van der Waals surface area contributed by atoms with Crippen LogP contribution in [0, 0.1) is 5.92 Å². The molecule has 1 fully saturated rings. The minimum atomic E-state index is -0.954. The van der Waals surface area contributed by atoms with Gasteiger partial charge in [0, 0.05) is 12.3 Å². The highest BCUT2D eigenvalue weighted by Gasteiger charge is 2.36. The van der Waals surface area contributed by atoms with E-state index in [0.717, 1.165) is 5.56 Å². The summed E-state index contributed by atoms with van der Waals surface area (Å²) in [6, 6.07) is 9.84. The van der Waals surface area contributed by atoms with Crippen molar-refractivity contribution < 1.29 is 20.1 Å². The summed E-state index contributed by atoms with van der Waals surface area (Å²) in [6.45, 7) is 1.56. The van der Waals surface area contributed by atoms with Crippen molar-refractivity contribution in [1.82, 2.24) is 0 Å². The molecule has 0 unspecified atom stereocenters. The third kappa shape index (κ3) is 3.67. The number of hydrogen-bond acceptors (Lipinski definition) is 4. The molecule has 2 rings (SSSR count). The van der Waals surface area contributed by atoms with Gasteiger partial charge in [0.1, 0.15) is 6.10 Å². The third-order valence-corrected chi connectivity index (χ3v) is 3.83. The summed E-state index contributed by atoms with van der Waals surface area (Å²) in [4.78, 5) is 0. The summed E-state index contributed by atoms with van der Waals surface area (Å²) in [5, 5.41) is 28.7. The summed E-state index contributed by atoms with van der Waals surface area (Å²) in [5.74, 6) is -0.0443. The highest BCUT2D eigenvalue weighted by molar-refractivity contribution is 5.49. The highest BCUT2D eigenvalue weighted by Crippen LogP contribution is 2.28. The largest absolute Gasteiger partial charge is 0.394 e. The van der Waals surface area contributed by atoms with Crippen LogP contribution < -0.4 is 0 Å². The molecule has 0 amide bonds. The number of hydrogen-bond donors (Lipinski definition) is 3. The number of ether oxygens (including phenoxy) is 1. The maximum absolute atomic E-state index is 10.1. The first-order chi connectivity index (χ1) is 9.61. The lowest BCUT2D eigenvalue weighted by atomic mass is 9.88. The highest BCUT2D eigenvalue weighted by atomic mass is 16.5. The topological polar surface area (TPSA) is 69.9 Å². The zero-order chi connectivity index (χ0) is 14.5. The summed E-state index contributed by atoms with van der Waals surface area (Å²) in [7, 11) is 0. The van der Waals surface area contributed by atoms with Gasteiger partial charge in [-0.05, 0) is 5.56 Å². The minimum Gasteiger partial charge on any atom is -0.394 e. The molecule has 1 aliphatic rings. The van der Waals surface area contributed by atoms with Crippen LogP contribution in [0.5, 0.6) is 0 Å². The van der Waals surface area contributed by atoms with E-state index in [4.69, 9.17) is 9.84 Å². The molecule has 1 heterocycles. The van der Waals surface area contributed by atoms with Crippen LogP contribution in [0.25, 0.3) is 6.08 Å². The standard InChI is InChI=1S/C16H22O4/c1-11-13(18)9-16(14(19)10-17)20-15(11)8-7-12-5-3-2-4-6-12/h2-8,11,13-19H,9-10H2,1H3/b8-7+/t11-,13-,14+,15+,16-/m1/s1. The molecule has 110 valence electrons. The van der Waals surface area contributed by atoms with Gasteiger partial charge in [0.05, 0.1) is 24.9 Å². The molecule has 0 spiro atoms. The molecule has 3 N–H and O–H groups in total. The Labute approximate surface area is 119 Å². The molecule has 1 aromatic carbocycles. The molecule has 1 saturated heterocycles. The SMILES string of the molecule is C[C@@H]1[C@H](O)C[C@H]([C@@H](O)CO)O[C@H]1/C=C/c1ccccc1. The predicted octanol–water partition coefficient (Wildman–Crippen LogP) is 1.21. The van der Waals surface area contributed by atoms with Gasteiger partial charge < -0.3 is 20.1 Å². The second-order valence-corrected chi connectivity index (χ2v) is 5.32. The van der Waals surface area contributed by atoms with Crippen LogP contribution in [-0.2, 0) is 4.74 Å². The second-order valence-electron chi connectivity index (χ2n) is 5.32. The smallest absolute Gasteiger partial charge is 0.103 e. The minimum absolute atomic E-state index is 0.0443. The lowest BCUT2D eigenvalue weighted by Crippen LogP contribution is -2.47. The van der Waals surface area contributed by atoms with Gasteiger partial charge in [-0.2, -0.15) is 0 Å². The van der Waals surface area contributed by atoms with Gasteiger partial charge in [-0.3, -0.25) is 0 Å². The lowest BCUT2D eigenvalue weighted by molar-refractivity contribution is -0.154. The fraction of sp³-hybridized carbons (Fsp3) is 0.500. The summed E-state index contributed by atoms with van der Waals surface area (Å²) >= 11 is 0. The van der Waals surface area contributed by atoms with Crippen LogP contribution in [0.15, 0.2) is 36.4 Å². The molecular weight excluding hydrogens is 256 g/mol. The molecule has 0 aliphatic carbocycles. The van der Waals surface area contributed by atoms with Gasteiger partial charge in [-0.25, -0.2) is 0 Å². The molecule has 0 saturated carbocycles. The van der Waals surface area contributed by atoms with E-state index in [1.807, 2.05) is 49.4 Å². The van der Waals surface area contributed by atoms with Crippen molar-refractivity contribution in [2.24, 2.45) is 5.92 Å². The second kappa shape index (κ2) is 6.99. The average Bonchev–Trinajstić information content (AvgIpc) is 2.48. The van der Waals surface area contributed by atoms with Crippen molar-refractivity contribution in [3.05, 3.63) is 42.0 Å². The molecule has 1 aromatic rings. The maximum atomic E-state index is 10.1. The van der Waals surface area contributed by atoms with E-state index >= 15 is 0 Å². The fourth-order valence-corrected chi connectivity index (χ4v) is 2.41. The molecule has 1 aliphatic heterocycles. The molecule has 0 radical (unpaired) electrons. The zero-order valence-corrected chi connectivity index (χ0v) is 11.6. The van der Waals surface area contributed by atoms with E-state index in [1.165, 1.54) is 0 Å². The molecule has 5 atom stereocenters. The first-order valence-electron chi connectivity index (χ1n) is 6.97. The van der Waals surface area contributed by atoms with E-state index < -0.39 is 18.3 Å². The number of aliphatic hydroxyl groups excluding tert-OH is 3. The summed E-state index contributed by atoms with van der Waals surface area (Å²) in [5.41, 5.74) is 1.06. The summed E-state index contributed by atoms with van der Waals surface area (Å²) < 4.78 is 5.79. The maximum Gasteiger partial charge on any atom is 0.103 e. The van der Waals surface area contributed by atoms with Crippen LogP contribution in [0.4, 0.5) is 0 Å². The van der Waals surface area contributed by atoms with Gasteiger partial charge >= 0.3 is 0 Å². The number of aliphatic hydroxyl groups is 3. The van der Waals surface area contributed by atoms with Crippen LogP contribution in [0.3, 0.4) is 0 Å². The monoisotopic (exact) mass is 278 g/mol. The van der Waals surface area contributed by atoms with Crippen LogP contribution in [0.2, 0.25) is 0 Å². The van der Waals surface area contributed by atoms with E-state index in [0.29, 0.717) is 6.42 Å². The lowest BCUT2D eigenvalue weighted by Gasteiger charge is -2.38. The molecule has 4 nitrogen and oxygen atoms in total. The van der Waals surface area contributed by atoms with Crippen molar-refractivity contribution in [3.63, 3.8) is 0 Å². The van der Waals surface area contributed by atoms with Crippen molar-refractivity contribution >= 4 is 6.08 Å². The van der Waals surface area contributed by atoms with E-state index in [2.05, 4.69) is 0 Å². The van der Waals surface area contributed by atoms with Gasteiger partial charge in [-0.1, -0.05) is 49.4 Å². The average molecular weight is 278 g/mol. The van der Waals surface area contributed by atoms with E-state index in [9.17, 15) is 10.2 Å². The van der Waals surface area contributed by atoms with Gasteiger partial charge in [0.15, 0.2) is 0 Å². The Morgan fingerprint density at radius 2 is 2.05 bits per heavy atom. The number of rotatable bonds is 4. The van der Waals surface area contributed by atoms with Crippen LogP contribution in [-0.4, -0.2) is 46.3 Å². The molecule has 4 heteroatoms. The Kier molecular flexibility index (Phi) is 5.31. The van der Waals surface area contributed by atoms with Gasteiger partial charge in [0.25, 0.3) is 0 Å². The van der Waals surface area contributed by atoms with Crippen molar-refractivity contribution in [2.75, 3.05) is 6.61 Å². The normalized spacial score (nSPS) is 32.4. The van der Waals surface area contributed by atoms with Crippen LogP contribution >= 0.6 is 0 Å². The Morgan fingerprint density at radius 1 is 1.35 bits per heavy atom. The van der Waals surface area contributed by atoms with Crippen molar-refractivity contribution in [2.45, 2.75) is 37.8 Å². The van der Waals surface area contributed by atoms with Crippen molar-refractivity contribution in [3.8, 4) is 0 Å². The first-order valence-corrected chi connectivity index (χ1v) is 6.97. The fourth-order valence-electron chi connectivity index (χ4n) is 2.41. The molecule has 0 bridgehead atoms. The Morgan fingerprint density at radius 3 is 2.70 bits per heavy atom. The predicted molar refractivity (Wildman–Crippen MR) is 77.0 cm³/mol. The van der Waals surface area contributed by atoms with Crippen LogP contribution in [0.1, 0.15) is 18.9 Å². The van der Waals surface area contributed by atoms with E-state index in [-0.39, 0.29) is 18.6 Å². The first kappa shape index (κ1) is 15.2. The molecule has 0 aromatic heterocycles. The van der Waals surface area contributed by atoms with Gasteiger partial charge in [-0.15, -0.1) is 0 Å². The quantitative estimate of drug-likeness (QED) is 0.774. The van der Waals surface area contributed by atoms with E-state index in [1.54, 1.807) is 0 Å². The molecule has 20 heavy (non-hydrogen) atoms. The number of benzene rings is 1. The zero-order valence-electron chi connectivity index (χ0n) is 11.6. The Hall–Kier alpha value is -1.20. The third-order valence-electron chi connectivity index (χ3n) is 3.83. The Bertz CT molecular complexity index is 431.